The van der Waals surface area contributed by atoms with E-state index in [1.165, 1.54) is 0 Å². The van der Waals surface area contributed by atoms with Crippen molar-refractivity contribution in [3.63, 3.8) is 0 Å². The van der Waals surface area contributed by atoms with Crippen molar-refractivity contribution in [2.45, 2.75) is 115 Å². The van der Waals surface area contributed by atoms with Gasteiger partial charge in [-0.1, -0.05) is 165 Å². The van der Waals surface area contributed by atoms with Gasteiger partial charge in [0, 0.05) is 13.7 Å². The number of hydrogen-bond acceptors (Lipinski definition) is 11. The summed E-state index contributed by atoms with van der Waals surface area (Å²) in [6.45, 7) is 6.25. The molecular weight excluding hydrogens is 842 g/mol. The van der Waals surface area contributed by atoms with Crippen LogP contribution in [0.3, 0.4) is 0 Å². The minimum Gasteiger partial charge on any atom is -0.424 e. The van der Waals surface area contributed by atoms with Crippen LogP contribution >= 0.6 is 9.12 Å². The van der Waals surface area contributed by atoms with Gasteiger partial charge in [-0.3, -0.25) is 0 Å². The van der Waals surface area contributed by atoms with Crippen molar-refractivity contribution in [2.75, 3.05) is 26.9 Å². The van der Waals surface area contributed by atoms with E-state index in [0.29, 0.717) is 26.4 Å². The minimum absolute atomic E-state index is 0.173. The molecule has 0 amide bonds. The molecule has 7 rings (SSSR count). The molecular formula is C52H64BO11P. The lowest BCUT2D eigenvalue weighted by Gasteiger charge is -2.50. The Morgan fingerprint density at radius 3 is 1.28 bits per heavy atom. The number of methoxy groups -OCH3 is 1. The Labute approximate surface area is 387 Å². The summed E-state index contributed by atoms with van der Waals surface area (Å²) in [7, 11) is 4.33. The van der Waals surface area contributed by atoms with Crippen molar-refractivity contribution in [1.29, 1.82) is 0 Å². The molecule has 2 aliphatic heterocycles. The van der Waals surface area contributed by atoms with Crippen molar-refractivity contribution in [1.82, 2.24) is 0 Å². The fraction of sp³-hybridized carbons (Fsp3) is 0.423. The lowest BCUT2D eigenvalue weighted by molar-refractivity contribution is -0.377. The van der Waals surface area contributed by atoms with Crippen molar-refractivity contribution in [3.8, 4) is 0 Å². The highest BCUT2D eigenvalue weighted by Crippen LogP contribution is 2.36. The van der Waals surface area contributed by atoms with Gasteiger partial charge in [0.25, 0.3) is 0 Å². The van der Waals surface area contributed by atoms with Crippen LogP contribution in [0.5, 0.6) is 0 Å². The molecule has 0 spiro atoms. The van der Waals surface area contributed by atoms with Crippen LogP contribution < -0.4 is 0 Å². The molecule has 2 heterocycles. The van der Waals surface area contributed by atoms with E-state index in [1.807, 2.05) is 158 Å². The SMILES string of the molecule is CCCO[C@@H]1C(O[C@H]2OC(COCc3ccccc3)[C@@H](OCc3ccccc3)[C@H](OCc3ccccc3)C2OCc2ccccc2)[C@H](OC)OC(COCc2ccccc2)[C@H]1OB(C)P. The normalized spacial score (nSPS) is 25.6. The van der Waals surface area contributed by atoms with Crippen molar-refractivity contribution in [2.24, 2.45) is 0 Å². The Kier molecular flexibility index (Phi) is 20.0. The summed E-state index contributed by atoms with van der Waals surface area (Å²) in [5.41, 5.74) is 5.07. The van der Waals surface area contributed by atoms with Crippen LogP contribution in [0, 0.1) is 0 Å². The summed E-state index contributed by atoms with van der Waals surface area (Å²) in [6, 6.07) is 50.3. The van der Waals surface area contributed by atoms with Crippen LogP contribution in [0.25, 0.3) is 0 Å². The topological polar surface area (TPSA) is 102 Å². The molecule has 65 heavy (non-hydrogen) atoms. The zero-order chi connectivity index (χ0) is 45.1. The average molecular weight is 907 g/mol. The van der Waals surface area contributed by atoms with Gasteiger partial charge in [0.15, 0.2) is 12.6 Å². The highest BCUT2D eigenvalue weighted by atomic mass is 31.0. The molecule has 5 aromatic rings. The van der Waals surface area contributed by atoms with Gasteiger partial charge in [-0.2, -0.15) is 0 Å². The second-order valence-electron chi connectivity index (χ2n) is 16.3. The zero-order valence-electron chi connectivity index (χ0n) is 37.7. The maximum atomic E-state index is 7.23. The van der Waals surface area contributed by atoms with Gasteiger partial charge in [-0.05, 0) is 34.2 Å². The zero-order valence-corrected chi connectivity index (χ0v) is 38.9. The molecule has 0 radical (unpaired) electrons. The fourth-order valence-corrected chi connectivity index (χ4v) is 8.26. The first-order chi connectivity index (χ1) is 32.0. The molecule has 2 fully saturated rings. The fourth-order valence-electron chi connectivity index (χ4n) is 8.08. The van der Waals surface area contributed by atoms with Crippen molar-refractivity contribution in [3.05, 3.63) is 179 Å². The third-order valence-electron chi connectivity index (χ3n) is 11.2. The maximum Gasteiger partial charge on any atom is 0.312 e. The molecule has 5 unspecified atom stereocenters. The molecule has 346 valence electrons. The first-order valence-electron chi connectivity index (χ1n) is 22.7. The van der Waals surface area contributed by atoms with Crippen LogP contribution in [-0.4, -0.2) is 95.0 Å². The largest absolute Gasteiger partial charge is 0.424 e. The summed E-state index contributed by atoms with van der Waals surface area (Å²) in [6.07, 6.45) is -6.68. The van der Waals surface area contributed by atoms with Gasteiger partial charge >= 0.3 is 6.64 Å². The summed E-state index contributed by atoms with van der Waals surface area (Å²) in [5, 5.41) is 0. The van der Waals surface area contributed by atoms with E-state index in [4.69, 9.17) is 52.0 Å². The highest BCUT2D eigenvalue weighted by molar-refractivity contribution is 7.60. The number of rotatable bonds is 25. The summed E-state index contributed by atoms with van der Waals surface area (Å²) in [4.78, 5) is 0. The molecule has 0 N–H and O–H groups in total. The van der Waals surface area contributed by atoms with E-state index in [-0.39, 0.29) is 33.1 Å². The van der Waals surface area contributed by atoms with Gasteiger partial charge in [0.05, 0.1) is 52.4 Å². The molecule has 11 nitrogen and oxygen atoms in total. The number of hydrogen-bond donors (Lipinski definition) is 0. The standard InChI is InChI=1S/C52H64BO11P/c1-4-30-57-48-46(64-53(2)65)44(37-56-32-39-22-12-6-13-23-39)61-51(54-3)50(48)63-52-49(60-35-42-28-18-9-19-29-42)47(59-34-41-26-16-8-17-27-41)45(58-33-40-24-14-7-15-25-40)43(62-52)36-55-31-38-20-10-5-11-21-38/h5-29,43-52H,4,30-37,65H2,1-3H3/t43?,44?,45-,46-,47+,48+,49?,50?,51-,52-/m1/s1. The Morgan fingerprint density at radius 2 is 0.846 bits per heavy atom. The third kappa shape index (κ3) is 14.8. The van der Waals surface area contributed by atoms with Crippen LogP contribution in [0.15, 0.2) is 152 Å². The third-order valence-corrected chi connectivity index (χ3v) is 11.4. The Hall–Kier alpha value is -3.85. The lowest BCUT2D eigenvalue weighted by Crippen LogP contribution is -2.66. The van der Waals surface area contributed by atoms with E-state index in [0.717, 1.165) is 34.2 Å². The summed E-state index contributed by atoms with van der Waals surface area (Å²) < 4.78 is 74.1. The molecule has 13 heteroatoms. The molecule has 5 aromatic carbocycles. The molecule has 2 saturated heterocycles. The van der Waals surface area contributed by atoms with Crippen LogP contribution in [0.2, 0.25) is 6.82 Å². The van der Waals surface area contributed by atoms with Gasteiger partial charge in [-0.15, -0.1) is 9.12 Å². The maximum absolute atomic E-state index is 7.23. The average Bonchev–Trinajstić information content (AvgIpc) is 3.34. The number of benzene rings is 5. The predicted octanol–water partition coefficient (Wildman–Crippen LogP) is 8.83. The van der Waals surface area contributed by atoms with Crippen LogP contribution in [0.4, 0.5) is 0 Å². The van der Waals surface area contributed by atoms with Crippen molar-refractivity contribution < 1.29 is 52.0 Å². The lowest BCUT2D eigenvalue weighted by atomic mass is 9.94. The van der Waals surface area contributed by atoms with E-state index >= 15 is 0 Å². The Morgan fingerprint density at radius 1 is 0.462 bits per heavy atom. The Bertz CT molecular complexity index is 2020. The Balaban J connectivity index is 1.23. The molecule has 0 aliphatic carbocycles. The van der Waals surface area contributed by atoms with Crippen molar-refractivity contribution >= 4 is 15.8 Å². The second kappa shape index (κ2) is 26.5. The van der Waals surface area contributed by atoms with Gasteiger partial charge in [0.2, 0.25) is 0 Å². The molecule has 2 aliphatic rings. The molecule has 11 atom stereocenters. The second-order valence-corrected chi connectivity index (χ2v) is 17.3. The van der Waals surface area contributed by atoms with E-state index in [1.54, 1.807) is 7.11 Å². The molecule has 0 aromatic heterocycles. The van der Waals surface area contributed by atoms with E-state index in [9.17, 15) is 0 Å². The van der Waals surface area contributed by atoms with Crippen LogP contribution in [-0.2, 0) is 85.1 Å². The number of ether oxygens (including phenoxy) is 10. The van der Waals surface area contributed by atoms with Gasteiger partial charge in [0.1, 0.15) is 42.7 Å². The highest BCUT2D eigenvalue weighted by Gasteiger charge is 2.54. The van der Waals surface area contributed by atoms with E-state index < -0.39 is 61.4 Å². The van der Waals surface area contributed by atoms with E-state index in [2.05, 4.69) is 16.0 Å². The quantitative estimate of drug-likeness (QED) is 0.0415. The van der Waals surface area contributed by atoms with Gasteiger partial charge in [-0.25, -0.2) is 0 Å². The van der Waals surface area contributed by atoms with Crippen LogP contribution in [0.1, 0.15) is 41.2 Å². The molecule has 0 saturated carbocycles. The first kappa shape index (κ1) is 49.1. The predicted molar refractivity (Wildman–Crippen MR) is 253 cm³/mol. The smallest absolute Gasteiger partial charge is 0.312 e. The van der Waals surface area contributed by atoms with Gasteiger partial charge < -0.3 is 52.0 Å². The summed E-state index contributed by atoms with van der Waals surface area (Å²) in [5.74, 6) is 0. The minimum atomic E-state index is -1.04. The monoisotopic (exact) mass is 906 g/mol. The molecule has 0 bridgehead atoms. The first-order valence-corrected chi connectivity index (χ1v) is 23.4. The summed E-state index contributed by atoms with van der Waals surface area (Å²) >= 11 is 0.